The zero-order valence-electron chi connectivity index (χ0n) is 9.80. The molecule has 0 spiro atoms. The number of hydrogen-bond acceptors (Lipinski definition) is 2. The van der Waals surface area contributed by atoms with Gasteiger partial charge in [0, 0.05) is 6.04 Å². The van der Waals surface area contributed by atoms with Gasteiger partial charge in [0.05, 0.1) is 10.6 Å². The highest BCUT2D eigenvalue weighted by atomic mass is 35.5. The van der Waals surface area contributed by atoms with E-state index in [0.29, 0.717) is 18.5 Å². The molecule has 1 rings (SSSR count). The Bertz CT molecular complexity index is 393. The van der Waals surface area contributed by atoms with Crippen LogP contribution in [0.3, 0.4) is 0 Å². The first-order valence-electron chi connectivity index (χ1n) is 5.68. The molecule has 0 aromatic heterocycles. The topological polar surface area (TPSA) is 52.0 Å². The molecule has 0 aliphatic rings. The van der Waals surface area contributed by atoms with Crippen molar-refractivity contribution in [1.29, 1.82) is 0 Å². The van der Waals surface area contributed by atoms with Crippen molar-refractivity contribution in [3.05, 3.63) is 34.3 Å². The Kier molecular flexibility index (Phi) is 5.44. The van der Waals surface area contributed by atoms with Gasteiger partial charge in [-0.15, -0.1) is 0 Å². The maximum absolute atomic E-state index is 12.7. The van der Waals surface area contributed by atoms with E-state index in [1.165, 1.54) is 12.1 Å². The van der Waals surface area contributed by atoms with Crippen molar-refractivity contribution >= 4 is 11.6 Å². The van der Waals surface area contributed by atoms with E-state index < -0.39 is 17.8 Å². The monoisotopic (exact) mass is 280 g/mol. The third-order valence-corrected chi connectivity index (χ3v) is 3.02. The molecule has 1 aromatic carbocycles. The first-order valence-corrected chi connectivity index (χ1v) is 6.06. The minimum Gasteiger partial charge on any atom is -0.330 e. The van der Waals surface area contributed by atoms with E-state index in [-0.39, 0.29) is 5.02 Å². The lowest BCUT2D eigenvalue weighted by molar-refractivity contribution is -0.137. The van der Waals surface area contributed by atoms with Crippen molar-refractivity contribution in [2.75, 3.05) is 6.54 Å². The normalized spacial score (nSPS) is 13.7. The summed E-state index contributed by atoms with van der Waals surface area (Å²) >= 11 is 5.53. The van der Waals surface area contributed by atoms with E-state index in [4.69, 9.17) is 23.1 Å². The minimum atomic E-state index is -4.45. The van der Waals surface area contributed by atoms with Crippen LogP contribution in [0, 0.1) is 0 Å². The van der Waals surface area contributed by atoms with Crippen molar-refractivity contribution in [1.82, 2.24) is 0 Å². The van der Waals surface area contributed by atoms with Gasteiger partial charge in [0.1, 0.15) is 0 Å². The summed E-state index contributed by atoms with van der Waals surface area (Å²) in [6.07, 6.45) is -2.24. The van der Waals surface area contributed by atoms with Crippen LogP contribution in [0.15, 0.2) is 18.2 Å². The molecule has 2 nitrogen and oxygen atoms in total. The van der Waals surface area contributed by atoms with Gasteiger partial charge in [-0.05, 0) is 37.1 Å². The van der Waals surface area contributed by atoms with Crippen molar-refractivity contribution in [2.24, 2.45) is 11.5 Å². The minimum absolute atomic E-state index is 0.305. The predicted molar refractivity (Wildman–Crippen MR) is 66.3 cm³/mol. The van der Waals surface area contributed by atoms with Gasteiger partial charge in [0.15, 0.2) is 0 Å². The number of alkyl halides is 3. The summed E-state index contributed by atoms with van der Waals surface area (Å²) in [4.78, 5) is 0. The number of halogens is 4. The number of unbranched alkanes of at least 4 members (excludes halogenated alkanes) is 1. The number of rotatable bonds is 5. The molecule has 0 heterocycles. The Morgan fingerprint density at radius 1 is 1.22 bits per heavy atom. The standard InChI is InChI=1S/C12H16ClF3N2/c13-10-5-4-8(7-9(10)12(14,15)16)11(18)3-1-2-6-17/h4-5,7,11H,1-3,6,17-18H2/t11-/m1/s1. The molecular formula is C12H16ClF3N2. The molecule has 0 saturated carbocycles. The van der Waals surface area contributed by atoms with Crippen LogP contribution >= 0.6 is 11.6 Å². The molecule has 1 atom stereocenters. The highest BCUT2D eigenvalue weighted by molar-refractivity contribution is 6.31. The average Bonchev–Trinajstić information content (AvgIpc) is 2.28. The predicted octanol–water partition coefficient (Wildman–Crippen LogP) is 3.49. The molecule has 1 aromatic rings. The highest BCUT2D eigenvalue weighted by Gasteiger charge is 2.33. The second kappa shape index (κ2) is 6.41. The summed E-state index contributed by atoms with van der Waals surface area (Å²) in [7, 11) is 0. The van der Waals surface area contributed by atoms with Crippen molar-refractivity contribution < 1.29 is 13.2 Å². The summed E-state index contributed by atoms with van der Waals surface area (Å²) in [5.74, 6) is 0. The fourth-order valence-corrected chi connectivity index (χ4v) is 1.89. The van der Waals surface area contributed by atoms with Gasteiger partial charge in [0.2, 0.25) is 0 Å². The quantitative estimate of drug-likeness (QED) is 0.811. The van der Waals surface area contributed by atoms with Gasteiger partial charge in [-0.25, -0.2) is 0 Å². The molecule has 0 aliphatic heterocycles. The highest BCUT2D eigenvalue weighted by Crippen LogP contribution is 2.36. The molecule has 0 radical (unpaired) electrons. The lowest BCUT2D eigenvalue weighted by Crippen LogP contribution is -2.13. The zero-order chi connectivity index (χ0) is 13.8. The summed E-state index contributed by atoms with van der Waals surface area (Å²) in [5.41, 5.74) is 10.8. The number of hydrogen-bond donors (Lipinski definition) is 2. The van der Waals surface area contributed by atoms with Crippen LogP contribution in [0.5, 0.6) is 0 Å². The summed E-state index contributed by atoms with van der Waals surface area (Å²) < 4.78 is 38.0. The molecule has 6 heteroatoms. The maximum Gasteiger partial charge on any atom is 0.417 e. The number of nitrogens with two attached hydrogens (primary N) is 2. The maximum atomic E-state index is 12.7. The van der Waals surface area contributed by atoms with E-state index in [0.717, 1.165) is 18.9 Å². The van der Waals surface area contributed by atoms with Crippen molar-refractivity contribution in [2.45, 2.75) is 31.5 Å². The van der Waals surface area contributed by atoms with E-state index in [2.05, 4.69) is 0 Å². The van der Waals surface area contributed by atoms with Gasteiger partial charge in [-0.1, -0.05) is 24.1 Å². The lowest BCUT2D eigenvalue weighted by atomic mass is 9.99. The molecule has 102 valence electrons. The number of benzene rings is 1. The smallest absolute Gasteiger partial charge is 0.330 e. The molecule has 0 fully saturated rings. The summed E-state index contributed by atoms with van der Waals surface area (Å²) in [6, 6.07) is 3.37. The zero-order valence-corrected chi connectivity index (χ0v) is 10.6. The Hall–Kier alpha value is -0.780. The van der Waals surface area contributed by atoms with Gasteiger partial charge in [0.25, 0.3) is 0 Å². The van der Waals surface area contributed by atoms with Crippen LogP contribution in [0.25, 0.3) is 0 Å². The summed E-state index contributed by atoms with van der Waals surface area (Å²) in [6.45, 7) is 0.557. The van der Waals surface area contributed by atoms with Crippen LogP contribution < -0.4 is 11.5 Å². The van der Waals surface area contributed by atoms with Crippen molar-refractivity contribution in [3.63, 3.8) is 0 Å². The van der Waals surface area contributed by atoms with E-state index in [1.807, 2.05) is 0 Å². The van der Waals surface area contributed by atoms with Gasteiger partial charge < -0.3 is 11.5 Å². The van der Waals surface area contributed by atoms with E-state index >= 15 is 0 Å². The first-order chi connectivity index (χ1) is 8.36. The van der Waals surface area contributed by atoms with E-state index in [9.17, 15) is 13.2 Å². The molecule has 0 amide bonds. The lowest BCUT2D eigenvalue weighted by Gasteiger charge is -2.15. The Labute approximate surface area is 109 Å². The molecule has 0 unspecified atom stereocenters. The van der Waals surface area contributed by atoms with Crippen LogP contribution in [-0.2, 0) is 6.18 Å². The SMILES string of the molecule is NCCCC[C@@H](N)c1ccc(Cl)c(C(F)(F)F)c1. The second-order valence-electron chi connectivity index (χ2n) is 4.13. The second-order valence-corrected chi connectivity index (χ2v) is 4.54. The Morgan fingerprint density at radius 2 is 1.89 bits per heavy atom. The molecule has 4 N–H and O–H groups in total. The molecule has 0 bridgehead atoms. The molecule has 18 heavy (non-hydrogen) atoms. The average molecular weight is 281 g/mol. The van der Waals surface area contributed by atoms with Gasteiger partial charge in [-0.3, -0.25) is 0 Å². The molecule has 0 aliphatic carbocycles. The first kappa shape index (κ1) is 15.3. The molecule has 0 saturated heterocycles. The van der Waals surface area contributed by atoms with Crippen LogP contribution in [-0.4, -0.2) is 6.54 Å². The Balaban J connectivity index is 2.84. The van der Waals surface area contributed by atoms with E-state index in [1.54, 1.807) is 0 Å². The third-order valence-electron chi connectivity index (χ3n) is 2.69. The summed E-state index contributed by atoms with van der Waals surface area (Å²) in [5, 5.41) is -0.305. The largest absolute Gasteiger partial charge is 0.417 e. The fraction of sp³-hybridized carbons (Fsp3) is 0.500. The van der Waals surface area contributed by atoms with Crippen LogP contribution in [0.4, 0.5) is 13.2 Å². The Morgan fingerprint density at radius 3 is 2.44 bits per heavy atom. The van der Waals surface area contributed by atoms with Gasteiger partial charge in [-0.2, -0.15) is 13.2 Å². The molecular weight excluding hydrogens is 265 g/mol. The van der Waals surface area contributed by atoms with Crippen LogP contribution in [0.2, 0.25) is 5.02 Å². The van der Waals surface area contributed by atoms with Crippen molar-refractivity contribution in [3.8, 4) is 0 Å². The van der Waals surface area contributed by atoms with Crippen LogP contribution in [0.1, 0.15) is 36.4 Å². The van der Waals surface area contributed by atoms with Gasteiger partial charge >= 0.3 is 6.18 Å². The third kappa shape index (κ3) is 4.15. The fourth-order valence-electron chi connectivity index (χ4n) is 1.67.